The zero-order valence-corrected chi connectivity index (χ0v) is 20.8. The number of thiazole rings is 1. The third kappa shape index (κ3) is 4.48. The zero-order chi connectivity index (χ0) is 24.6. The van der Waals surface area contributed by atoms with Crippen molar-refractivity contribution in [3.05, 3.63) is 86.6 Å². The van der Waals surface area contributed by atoms with Crippen molar-refractivity contribution in [2.75, 3.05) is 11.5 Å². The van der Waals surface area contributed by atoms with Gasteiger partial charge in [0.05, 0.1) is 33.8 Å². The maximum atomic E-state index is 13.7. The molecule has 1 aliphatic rings. The molecule has 0 aliphatic carbocycles. The standard InChI is InChI=1S/C27H28N2O4S/c1-15(2)14-33-21-11-9-19(10-12-21)23-22(24(30)26-17(4)28-18(5)34-26)25(31)27(32)29(23)20-8-6-7-16(3)13-20/h6-13,15,23,31H,14H2,1-5H3. The Balaban J connectivity index is 1.81. The smallest absolute Gasteiger partial charge is 0.294 e. The summed E-state index contributed by atoms with van der Waals surface area (Å²) in [5.41, 5.74) is 2.94. The van der Waals surface area contributed by atoms with Crippen LogP contribution in [0.15, 0.2) is 59.9 Å². The van der Waals surface area contributed by atoms with Gasteiger partial charge in [0.1, 0.15) is 5.75 Å². The van der Waals surface area contributed by atoms with Crippen LogP contribution in [0.5, 0.6) is 5.75 Å². The molecule has 0 bridgehead atoms. The van der Waals surface area contributed by atoms with Crippen LogP contribution in [0, 0.1) is 26.7 Å². The van der Waals surface area contributed by atoms with Crippen LogP contribution in [-0.2, 0) is 4.79 Å². The summed E-state index contributed by atoms with van der Waals surface area (Å²) in [4.78, 5) is 33.2. The van der Waals surface area contributed by atoms with Crippen molar-refractivity contribution in [3.63, 3.8) is 0 Å². The Morgan fingerprint density at radius 2 is 1.85 bits per heavy atom. The summed E-state index contributed by atoms with van der Waals surface area (Å²) in [5, 5.41) is 11.7. The van der Waals surface area contributed by atoms with Crippen molar-refractivity contribution < 1.29 is 19.4 Å². The van der Waals surface area contributed by atoms with Crippen LogP contribution in [0.25, 0.3) is 0 Å². The topological polar surface area (TPSA) is 79.7 Å². The van der Waals surface area contributed by atoms with E-state index in [0.717, 1.165) is 10.6 Å². The van der Waals surface area contributed by atoms with Gasteiger partial charge in [-0.2, -0.15) is 0 Å². The SMILES string of the molecule is Cc1cccc(N2C(=O)C(O)=C(C(=O)c3sc(C)nc3C)C2c2ccc(OCC(C)C)cc2)c1. The Hall–Kier alpha value is -3.45. The van der Waals surface area contributed by atoms with Crippen molar-refractivity contribution >= 4 is 28.7 Å². The van der Waals surface area contributed by atoms with E-state index in [-0.39, 0.29) is 11.4 Å². The molecule has 6 nitrogen and oxygen atoms in total. The number of nitrogens with zero attached hydrogens (tertiary/aromatic N) is 2. The molecule has 2 heterocycles. The molecule has 0 fully saturated rings. The number of aliphatic hydroxyl groups is 1. The minimum Gasteiger partial charge on any atom is -0.503 e. The number of carbonyl (C=O) groups is 2. The first-order valence-corrected chi connectivity index (χ1v) is 12.0. The average molecular weight is 477 g/mol. The van der Waals surface area contributed by atoms with E-state index in [1.165, 1.54) is 16.2 Å². The number of benzene rings is 2. The van der Waals surface area contributed by atoms with Gasteiger partial charge in [-0.15, -0.1) is 11.3 Å². The van der Waals surface area contributed by atoms with Gasteiger partial charge in [-0.05, 0) is 62.1 Å². The van der Waals surface area contributed by atoms with Crippen LogP contribution >= 0.6 is 11.3 Å². The number of amides is 1. The van der Waals surface area contributed by atoms with Crippen LogP contribution in [0.2, 0.25) is 0 Å². The summed E-state index contributed by atoms with van der Waals surface area (Å²) in [5.74, 6) is -0.410. The van der Waals surface area contributed by atoms with Crippen LogP contribution in [0.4, 0.5) is 5.69 Å². The lowest BCUT2D eigenvalue weighted by atomic mass is 9.94. The predicted molar refractivity (Wildman–Crippen MR) is 134 cm³/mol. The highest BCUT2D eigenvalue weighted by molar-refractivity contribution is 7.14. The third-order valence-electron chi connectivity index (χ3n) is 5.62. The van der Waals surface area contributed by atoms with Crippen molar-refractivity contribution in [2.45, 2.75) is 40.7 Å². The number of aryl methyl sites for hydroxylation is 3. The molecular formula is C27H28N2O4S. The molecule has 176 valence electrons. The van der Waals surface area contributed by atoms with Gasteiger partial charge in [-0.1, -0.05) is 38.1 Å². The second-order valence-electron chi connectivity index (χ2n) is 8.93. The Kier molecular flexibility index (Phi) is 6.57. The monoisotopic (exact) mass is 476 g/mol. The number of ether oxygens (including phenoxy) is 1. The van der Waals surface area contributed by atoms with E-state index in [9.17, 15) is 14.7 Å². The van der Waals surface area contributed by atoms with Crippen molar-refractivity contribution in [1.82, 2.24) is 4.98 Å². The molecular weight excluding hydrogens is 448 g/mol. The van der Waals surface area contributed by atoms with E-state index in [2.05, 4.69) is 18.8 Å². The minimum absolute atomic E-state index is 0.0640. The van der Waals surface area contributed by atoms with Gasteiger partial charge in [-0.3, -0.25) is 14.5 Å². The van der Waals surface area contributed by atoms with E-state index in [4.69, 9.17) is 4.74 Å². The maximum absolute atomic E-state index is 13.7. The molecule has 7 heteroatoms. The van der Waals surface area contributed by atoms with Gasteiger partial charge >= 0.3 is 0 Å². The molecule has 34 heavy (non-hydrogen) atoms. The number of rotatable bonds is 7. The number of Topliss-reactive ketones (excluding diaryl/α,β-unsaturated/α-hetero) is 1. The fourth-order valence-electron chi connectivity index (χ4n) is 4.07. The van der Waals surface area contributed by atoms with Crippen molar-refractivity contribution in [2.24, 2.45) is 5.92 Å². The molecule has 0 spiro atoms. The fourth-order valence-corrected chi connectivity index (χ4v) is 4.94. The largest absolute Gasteiger partial charge is 0.503 e. The summed E-state index contributed by atoms with van der Waals surface area (Å²) in [6, 6.07) is 14.0. The van der Waals surface area contributed by atoms with Crippen LogP contribution in [0.3, 0.4) is 0 Å². The van der Waals surface area contributed by atoms with E-state index in [0.29, 0.717) is 40.1 Å². The van der Waals surface area contributed by atoms with Gasteiger partial charge in [0.25, 0.3) is 5.91 Å². The molecule has 0 radical (unpaired) electrons. The summed E-state index contributed by atoms with van der Waals surface area (Å²) < 4.78 is 5.80. The van der Waals surface area contributed by atoms with Crippen LogP contribution < -0.4 is 9.64 Å². The number of anilines is 1. The molecule has 1 amide bonds. The zero-order valence-electron chi connectivity index (χ0n) is 20.0. The lowest BCUT2D eigenvalue weighted by Crippen LogP contribution is -2.31. The molecule has 1 unspecified atom stereocenters. The third-order valence-corrected chi connectivity index (χ3v) is 6.69. The Morgan fingerprint density at radius 1 is 1.15 bits per heavy atom. The Bertz CT molecular complexity index is 1270. The van der Waals surface area contributed by atoms with E-state index in [1.807, 2.05) is 56.3 Å². The molecule has 1 aromatic heterocycles. The number of carbonyl (C=O) groups excluding carboxylic acids is 2. The number of aromatic nitrogens is 1. The normalized spacial score (nSPS) is 16.0. The summed E-state index contributed by atoms with van der Waals surface area (Å²) in [7, 11) is 0. The van der Waals surface area contributed by atoms with Crippen LogP contribution in [-0.4, -0.2) is 28.4 Å². The highest BCUT2D eigenvalue weighted by atomic mass is 32.1. The van der Waals surface area contributed by atoms with Crippen molar-refractivity contribution in [3.8, 4) is 5.75 Å². The van der Waals surface area contributed by atoms with E-state index < -0.39 is 17.7 Å². The van der Waals surface area contributed by atoms with Crippen LogP contribution in [0.1, 0.15) is 51.4 Å². The molecule has 4 rings (SSSR count). The van der Waals surface area contributed by atoms with Gasteiger partial charge in [0.2, 0.25) is 5.78 Å². The molecule has 3 aromatic rings. The number of aliphatic hydroxyl groups excluding tert-OH is 1. The molecule has 1 aliphatic heterocycles. The fraction of sp³-hybridized carbons (Fsp3) is 0.296. The minimum atomic E-state index is -0.775. The molecule has 1 atom stereocenters. The highest BCUT2D eigenvalue weighted by Gasteiger charge is 2.45. The Morgan fingerprint density at radius 3 is 2.44 bits per heavy atom. The number of hydrogen-bond acceptors (Lipinski definition) is 6. The van der Waals surface area contributed by atoms with E-state index in [1.54, 1.807) is 13.0 Å². The predicted octanol–water partition coefficient (Wildman–Crippen LogP) is 5.89. The molecule has 2 aromatic carbocycles. The summed E-state index contributed by atoms with van der Waals surface area (Å²) in [6.07, 6.45) is 0. The first kappa shape index (κ1) is 23.7. The van der Waals surface area contributed by atoms with Gasteiger partial charge < -0.3 is 9.84 Å². The molecule has 1 N–H and O–H groups in total. The quantitative estimate of drug-likeness (QED) is 0.430. The maximum Gasteiger partial charge on any atom is 0.294 e. The summed E-state index contributed by atoms with van der Waals surface area (Å²) in [6.45, 7) is 10.3. The second-order valence-corrected chi connectivity index (χ2v) is 10.1. The average Bonchev–Trinajstić information content (AvgIpc) is 3.27. The van der Waals surface area contributed by atoms with Crippen molar-refractivity contribution in [1.29, 1.82) is 0 Å². The first-order valence-electron chi connectivity index (χ1n) is 11.2. The molecule has 0 saturated heterocycles. The number of hydrogen-bond donors (Lipinski definition) is 1. The van der Waals surface area contributed by atoms with Gasteiger partial charge in [0.15, 0.2) is 5.76 Å². The molecule has 0 saturated carbocycles. The lowest BCUT2D eigenvalue weighted by Gasteiger charge is -2.27. The first-order chi connectivity index (χ1) is 16.2. The number of ketones is 1. The van der Waals surface area contributed by atoms with Gasteiger partial charge in [0, 0.05) is 5.69 Å². The second kappa shape index (κ2) is 9.43. The lowest BCUT2D eigenvalue weighted by molar-refractivity contribution is -0.117. The highest BCUT2D eigenvalue weighted by Crippen LogP contribution is 2.43. The summed E-state index contributed by atoms with van der Waals surface area (Å²) >= 11 is 1.27. The Labute approximate surface area is 203 Å². The van der Waals surface area contributed by atoms with E-state index >= 15 is 0 Å². The van der Waals surface area contributed by atoms with Gasteiger partial charge in [-0.25, -0.2) is 4.98 Å².